The molecular weight excluding hydrogens is 581 g/mol. The zero-order valence-electron chi connectivity index (χ0n) is 20.7. The van der Waals surface area contributed by atoms with Gasteiger partial charge in [0.15, 0.2) is 0 Å². The van der Waals surface area contributed by atoms with Crippen LogP contribution >= 0.6 is 23.2 Å². The van der Waals surface area contributed by atoms with Crippen molar-refractivity contribution < 1.29 is 21.6 Å². The first-order chi connectivity index (χ1) is 18.4. The molecule has 12 heteroatoms. The van der Waals surface area contributed by atoms with Gasteiger partial charge in [0, 0.05) is 16.9 Å². The number of para-hydroxylation sites is 1. The van der Waals surface area contributed by atoms with Crippen molar-refractivity contribution in [2.24, 2.45) is 0 Å². The Morgan fingerprint density at radius 2 is 1.33 bits per heavy atom. The Balaban J connectivity index is 1.51. The van der Waals surface area contributed by atoms with Crippen LogP contribution in [0.4, 0.5) is 17.1 Å². The number of benzene rings is 4. The molecule has 0 bridgehead atoms. The lowest BCUT2D eigenvalue weighted by molar-refractivity contribution is 0.102. The molecule has 0 spiro atoms. The summed E-state index contributed by atoms with van der Waals surface area (Å²) in [6.07, 6.45) is 0. The molecule has 39 heavy (non-hydrogen) atoms. The molecule has 0 aromatic heterocycles. The Morgan fingerprint density at radius 1 is 0.667 bits per heavy atom. The van der Waals surface area contributed by atoms with Crippen molar-refractivity contribution in [2.75, 3.05) is 14.8 Å². The normalized spacial score (nSPS) is 11.6. The summed E-state index contributed by atoms with van der Waals surface area (Å²) >= 11 is 12.2. The highest BCUT2D eigenvalue weighted by molar-refractivity contribution is 7.93. The molecule has 0 aliphatic heterocycles. The monoisotopic (exact) mass is 603 g/mol. The van der Waals surface area contributed by atoms with Gasteiger partial charge in [0.25, 0.3) is 26.0 Å². The summed E-state index contributed by atoms with van der Waals surface area (Å²) in [4.78, 5) is 12.6. The van der Waals surface area contributed by atoms with E-state index in [1.165, 1.54) is 48.5 Å². The zero-order chi connectivity index (χ0) is 28.4. The maximum Gasteiger partial charge on any atom is 0.263 e. The van der Waals surface area contributed by atoms with E-state index >= 15 is 0 Å². The molecule has 0 heterocycles. The van der Waals surface area contributed by atoms with E-state index in [0.717, 1.165) is 11.1 Å². The predicted molar refractivity (Wildman–Crippen MR) is 155 cm³/mol. The molecule has 0 saturated carbocycles. The van der Waals surface area contributed by atoms with Gasteiger partial charge in [-0.3, -0.25) is 14.2 Å². The van der Waals surface area contributed by atoms with Gasteiger partial charge in [-0.05, 0) is 91.7 Å². The van der Waals surface area contributed by atoms with Crippen LogP contribution in [0.1, 0.15) is 21.5 Å². The van der Waals surface area contributed by atoms with E-state index in [4.69, 9.17) is 23.2 Å². The van der Waals surface area contributed by atoms with E-state index in [-0.39, 0.29) is 31.1 Å². The minimum absolute atomic E-state index is 0.0388. The molecule has 4 aromatic carbocycles. The van der Waals surface area contributed by atoms with Crippen LogP contribution in [0.25, 0.3) is 0 Å². The van der Waals surface area contributed by atoms with Crippen molar-refractivity contribution in [3.05, 3.63) is 112 Å². The summed E-state index contributed by atoms with van der Waals surface area (Å²) in [6.45, 7) is 3.78. The van der Waals surface area contributed by atoms with Gasteiger partial charge >= 0.3 is 0 Å². The number of amides is 1. The third-order valence-electron chi connectivity index (χ3n) is 5.78. The quantitative estimate of drug-likeness (QED) is 0.213. The van der Waals surface area contributed by atoms with Gasteiger partial charge in [-0.1, -0.05) is 41.4 Å². The van der Waals surface area contributed by atoms with Gasteiger partial charge in [-0.25, -0.2) is 16.8 Å². The largest absolute Gasteiger partial charge is 0.322 e. The summed E-state index contributed by atoms with van der Waals surface area (Å²) in [5, 5.41) is 2.82. The first-order valence-electron chi connectivity index (χ1n) is 11.4. The molecule has 1 amide bonds. The molecule has 0 aliphatic rings. The summed E-state index contributed by atoms with van der Waals surface area (Å²) < 4.78 is 56.4. The summed E-state index contributed by atoms with van der Waals surface area (Å²) in [6, 6.07) is 20.9. The van der Waals surface area contributed by atoms with Gasteiger partial charge in [-0.15, -0.1) is 0 Å². The van der Waals surface area contributed by atoms with Gasteiger partial charge < -0.3 is 5.32 Å². The van der Waals surface area contributed by atoms with Crippen molar-refractivity contribution in [1.29, 1.82) is 0 Å². The molecular formula is C27H23Cl2N3O5S2. The van der Waals surface area contributed by atoms with E-state index in [1.54, 1.807) is 36.4 Å². The molecule has 3 N–H and O–H groups in total. The Bertz CT molecular complexity index is 1780. The van der Waals surface area contributed by atoms with Crippen LogP contribution < -0.4 is 14.8 Å². The van der Waals surface area contributed by atoms with E-state index in [0.29, 0.717) is 11.4 Å². The van der Waals surface area contributed by atoms with Gasteiger partial charge in [0.05, 0.1) is 20.6 Å². The van der Waals surface area contributed by atoms with Crippen LogP contribution in [0.3, 0.4) is 0 Å². The maximum atomic E-state index is 13.0. The second-order valence-corrected chi connectivity index (χ2v) is 12.8. The lowest BCUT2D eigenvalue weighted by atomic mass is 10.1. The number of carbonyl (C=O) groups is 1. The first-order valence-corrected chi connectivity index (χ1v) is 15.2. The van der Waals surface area contributed by atoms with Crippen molar-refractivity contribution in [1.82, 2.24) is 0 Å². The lowest BCUT2D eigenvalue weighted by Crippen LogP contribution is -2.17. The Labute approximate surface area is 237 Å². The third-order valence-corrected chi connectivity index (χ3v) is 9.36. The molecule has 0 aliphatic carbocycles. The number of sulfonamides is 2. The molecule has 0 saturated heterocycles. The van der Waals surface area contributed by atoms with Crippen LogP contribution in [0.5, 0.6) is 0 Å². The SMILES string of the molecule is Cc1ccc(NS(=O)(=O)c2cc(C(=O)Nc3ccc(S(=O)(=O)Nc4ccccc4Cl)cc3)ccc2Cl)cc1C. The third kappa shape index (κ3) is 6.72. The summed E-state index contributed by atoms with van der Waals surface area (Å²) in [5.41, 5.74) is 2.85. The maximum absolute atomic E-state index is 13.0. The van der Waals surface area contributed by atoms with E-state index in [9.17, 15) is 21.6 Å². The number of hydrogen-bond acceptors (Lipinski definition) is 5. The number of anilines is 3. The second-order valence-electron chi connectivity index (χ2n) is 8.61. The molecule has 0 unspecified atom stereocenters. The van der Waals surface area contributed by atoms with E-state index < -0.39 is 26.0 Å². The van der Waals surface area contributed by atoms with Crippen molar-refractivity contribution in [3.8, 4) is 0 Å². The Morgan fingerprint density at radius 3 is 2.00 bits per heavy atom. The fraction of sp³-hybridized carbons (Fsp3) is 0.0741. The smallest absolute Gasteiger partial charge is 0.263 e. The average Bonchev–Trinajstić information content (AvgIpc) is 2.88. The minimum atomic E-state index is -4.10. The van der Waals surface area contributed by atoms with Crippen molar-refractivity contribution >= 4 is 66.2 Å². The Kier molecular flexibility index (Phi) is 8.22. The summed E-state index contributed by atoms with van der Waals surface area (Å²) in [7, 11) is -8.02. The Hall–Kier alpha value is -3.57. The first kappa shape index (κ1) is 28.4. The molecule has 8 nitrogen and oxygen atoms in total. The topological polar surface area (TPSA) is 121 Å². The van der Waals surface area contributed by atoms with Crippen LogP contribution in [0.2, 0.25) is 10.0 Å². The predicted octanol–water partition coefficient (Wildman–Crippen LogP) is 6.46. The van der Waals surface area contributed by atoms with Crippen molar-refractivity contribution in [3.63, 3.8) is 0 Å². The number of carbonyl (C=O) groups excluding carboxylic acids is 1. The number of nitrogens with one attached hydrogen (secondary N) is 3. The van der Waals surface area contributed by atoms with E-state index in [1.807, 2.05) is 13.8 Å². The fourth-order valence-corrected chi connectivity index (χ4v) is 6.43. The van der Waals surface area contributed by atoms with Crippen LogP contribution in [0.15, 0.2) is 94.7 Å². The van der Waals surface area contributed by atoms with E-state index in [2.05, 4.69) is 14.8 Å². The number of rotatable bonds is 8. The standard InChI is InChI=1S/C27H23Cl2N3O5S2/c1-17-7-9-21(15-18(17)2)31-39(36,37)26-16-19(8-14-24(26)29)27(33)30-20-10-12-22(13-11-20)38(34,35)32-25-6-4-3-5-23(25)28/h3-16,31-32H,1-2H3,(H,30,33). The van der Waals surface area contributed by atoms with Crippen LogP contribution in [0, 0.1) is 13.8 Å². The van der Waals surface area contributed by atoms with Crippen molar-refractivity contribution in [2.45, 2.75) is 23.6 Å². The molecule has 202 valence electrons. The van der Waals surface area contributed by atoms with Gasteiger partial charge in [0.1, 0.15) is 4.90 Å². The van der Waals surface area contributed by atoms with Gasteiger partial charge in [0.2, 0.25) is 0 Å². The van der Waals surface area contributed by atoms with Crippen LogP contribution in [-0.2, 0) is 20.0 Å². The molecule has 4 aromatic rings. The zero-order valence-corrected chi connectivity index (χ0v) is 23.8. The average molecular weight is 605 g/mol. The lowest BCUT2D eigenvalue weighted by Gasteiger charge is -2.13. The fourth-order valence-electron chi connectivity index (χ4n) is 3.53. The number of aryl methyl sites for hydroxylation is 2. The van der Waals surface area contributed by atoms with Crippen LogP contribution in [-0.4, -0.2) is 22.7 Å². The highest BCUT2D eigenvalue weighted by Gasteiger charge is 2.21. The molecule has 4 rings (SSSR count). The molecule has 0 fully saturated rings. The van der Waals surface area contributed by atoms with Gasteiger partial charge in [-0.2, -0.15) is 0 Å². The second kappa shape index (κ2) is 11.3. The molecule has 0 radical (unpaired) electrons. The summed E-state index contributed by atoms with van der Waals surface area (Å²) in [5.74, 6) is -0.612. The number of halogens is 2. The number of hydrogen-bond donors (Lipinski definition) is 3. The highest BCUT2D eigenvalue weighted by Crippen LogP contribution is 2.27. The molecule has 0 atom stereocenters. The minimum Gasteiger partial charge on any atom is -0.322 e. The highest BCUT2D eigenvalue weighted by atomic mass is 35.5.